The largest absolute Gasteiger partial charge is 0.508 e. The standard InChI is InChI=1S/C11H11N3O4/c12-9(16)7-2-1-6(15)3-5(7)4-8-10(17)14-11(18)13-8/h1-3,8,15H,4H2,(H2,12,16)(H2,13,14,17,18)/t8-/m1/s1. The maximum absolute atomic E-state index is 11.4. The van der Waals surface area contributed by atoms with Gasteiger partial charge in [0, 0.05) is 12.0 Å². The number of aromatic hydroxyl groups is 1. The first-order valence-electron chi connectivity index (χ1n) is 5.20. The molecule has 18 heavy (non-hydrogen) atoms. The van der Waals surface area contributed by atoms with Crippen LogP contribution in [0.25, 0.3) is 0 Å². The monoisotopic (exact) mass is 249 g/mol. The third-order valence-electron chi connectivity index (χ3n) is 2.64. The van der Waals surface area contributed by atoms with Gasteiger partial charge in [-0.3, -0.25) is 14.9 Å². The lowest BCUT2D eigenvalue weighted by Crippen LogP contribution is -2.32. The third-order valence-corrected chi connectivity index (χ3v) is 2.64. The second-order valence-corrected chi connectivity index (χ2v) is 3.93. The molecule has 1 fully saturated rings. The molecule has 0 bridgehead atoms. The number of hydrogen-bond acceptors (Lipinski definition) is 4. The Labute approximate surface area is 102 Å². The van der Waals surface area contributed by atoms with Crippen molar-refractivity contribution in [2.45, 2.75) is 12.5 Å². The van der Waals surface area contributed by atoms with Gasteiger partial charge in [-0.1, -0.05) is 0 Å². The number of phenols is 1. The van der Waals surface area contributed by atoms with Gasteiger partial charge in [-0.05, 0) is 23.8 Å². The number of benzene rings is 1. The fourth-order valence-corrected chi connectivity index (χ4v) is 1.81. The molecule has 0 aliphatic carbocycles. The minimum Gasteiger partial charge on any atom is -0.508 e. The van der Waals surface area contributed by atoms with E-state index in [0.29, 0.717) is 5.56 Å². The fraction of sp³-hybridized carbons (Fsp3) is 0.182. The van der Waals surface area contributed by atoms with Crippen LogP contribution in [0.15, 0.2) is 18.2 Å². The Bertz CT molecular complexity index is 541. The van der Waals surface area contributed by atoms with E-state index >= 15 is 0 Å². The quantitative estimate of drug-likeness (QED) is 0.526. The zero-order chi connectivity index (χ0) is 13.3. The van der Waals surface area contributed by atoms with Crippen LogP contribution in [-0.4, -0.2) is 29.0 Å². The molecule has 1 aromatic rings. The molecule has 1 aromatic carbocycles. The fourth-order valence-electron chi connectivity index (χ4n) is 1.81. The summed E-state index contributed by atoms with van der Waals surface area (Å²) < 4.78 is 0. The number of phenolic OH excluding ortho intramolecular Hbond substituents is 1. The van der Waals surface area contributed by atoms with Gasteiger partial charge in [0.05, 0.1) is 0 Å². The molecule has 0 spiro atoms. The van der Waals surface area contributed by atoms with Crippen LogP contribution in [0.3, 0.4) is 0 Å². The molecule has 4 amide bonds. The Kier molecular flexibility index (Phi) is 2.88. The normalized spacial score (nSPS) is 18.3. The van der Waals surface area contributed by atoms with Gasteiger partial charge in [-0.15, -0.1) is 0 Å². The highest BCUT2D eigenvalue weighted by Gasteiger charge is 2.30. The number of carbonyl (C=O) groups is 3. The van der Waals surface area contributed by atoms with Crippen molar-refractivity contribution in [3.8, 4) is 5.75 Å². The molecule has 5 N–H and O–H groups in total. The Balaban J connectivity index is 2.28. The van der Waals surface area contributed by atoms with Crippen molar-refractivity contribution in [3.63, 3.8) is 0 Å². The lowest BCUT2D eigenvalue weighted by atomic mass is 9.99. The van der Waals surface area contributed by atoms with E-state index in [4.69, 9.17) is 5.73 Å². The van der Waals surface area contributed by atoms with Crippen LogP contribution in [0, 0.1) is 0 Å². The van der Waals surface area contributed by atoms with Crippen LogP contribution in [0.2, 0.25) is 0 Å². The number of rotatable bonds is 3. The summed E-state index contributed by atoms with van der Waals surface area (Å²) >= 11 is 0. The predicted molar refractivity (Wildman–Crippen MR) is 60.8 cm³/mol. The van der Waals surface area contributed by atoms with Crippen molar-refractivity contribution in [1.29, 1.82) is 0 Å². The van der Waals surface area contributed by atoms with Crippen LogP contribution >= 0.6 is 0 Å². The van der Waals surface area contributed by atoms with E-state index in [-0.39, 0.29) is 17.7 Å². The highest BCUT2D eigenvalue weighted by Crippen LogP contribution is 2.18. The molecule has 1 heterocycles. The van der Waals surface area contributed by atoms with Crippen LogP contribution in [0.4, 0.5) is 4.79 Å². The van der Waals surface area contributed by atoms with Crippen molar-refractivity contribution in [3.05, 3.63) is 29.3 Å². The lowest BCUT2D eigenvalue weighted by Gasteiger charge is -2.10. The van der Waals surface area contributed by atoms with E-state index < -0.39 is 23.9 Å². The molecule has 94 valence electrons. The summed E-state index contributed by atoms with van der Waals surface area (Å²) in [6, 6.07) is 2.71. The highest BCUT2D eigenvalue weighted by molar-refractivity contribution is 6.04. The summed E-state index contributed by atoms with van der Waals surface area (Å²) in [4.78, 5) is 33.5. The second-order valence-electron chi connectivity index (χ2n) is 3.93. The van der Waals surface area contributed by atoms with Crippen molar-refractivity contribution in [2.75, 3.05) is 0 Å². The Hall–Kier alpha value is -2.57. The summed E-state index contributed by atoms with van der Waals surface area (Å²) in [6.07, 6.45) is 0.0875. The van der Waals surface area contributed by atoms with Gasteiger partial charge < -0.3 is 16.2 Å². The highest BCUT2D eigenvalue weighted by atomic mass is 16.3. The molecule has 7 heteroatoms. The number of amides is 4. The summed E-state index contributed by atoms with van der Waals surface area (Å²) in [5.41, 5.74) is 5.81. The molecule has 2 rings (SSSR count). The maximum atomic E-state index is 11.4. The molecule has 7 nitrogen and oxygen atoms in total. The lowest BCUT2D eigenvalue weighted by molar-refractivity contribution is -0.120. The third kappa shape index (κ3) is 2.24. The molecule has 1 aliphatic heterocycles. The SMILES string of the molecule is NC(=O)c1ccc(O)cc1C[C@H]1NC(=O)NC1=O. The van der Waals surface area contributed by atoms with E-state index in [2.05, 4.69) is 10.6 Å². The number of nitrogens with two attached hydrogens (primary N) is 1. The smallest absolute Gasteiger partial charge is 0.322 e. The number of urea groups is 1. The van der Waals surface area contributed by atoms with Gasteiger partial charge in [0.15, 0.2) is 0 Å². The van der Waals surface area contributed by atoms with Crippen molar-refractivity contribution in [1.82, 2.24) is 10.6 Å². The topological polar surface area (TPSA) is 122 Å². The molecule has 1 saturated heterocycles. The van der Waals surface area contributed by atoms with Crippen molar-refractivity contribution in [2.24, 2.45) is 5.73 Å². The van der Waals surface area contributed by atoms with E-state index in [9.17, 15) is 19.5 Å². The summed E-state index contributed by atoms with van der Waals surface area (Å²) in [5, 5.41) is 13.9. The molecule has 0 aromatic heterocycles. The summed E-state index contributed by atoms with van der Waals surface area (Å²) in [5.74, 6) is -1.17. The van der Waals surface area contributed by atoms with E-state index in [1.165, 1.54) is 18.2 Å². The zero-order valence-corrected chi connectivity index (χ0v) is 9.27. The molecule has 0 unspecified atom stereocenters. The minimum absolute atomic E-state index is 0.0419. The molecule has 1 atom stereocenters. The van der Waals surface area contributed by atoms with Gasteiger partial charge in [-0.25, -0.2) is 4.79 Å². The van der Waals surface area contributed by atoms with Gasteiger partial charge >= 0.3 is 6.03 Å². The molecular formula is C11H11N3O4. The second kappa shape index (κ2) is 4.36. The first-order chi connectivity index (χ1) is 8.47. The summed E-state index contributed by atoms with van der Waals surface area (Å²) in [6.45, 7) is 0. The predicted octanol–water partition coefficient (Wildman–Crippen LogP) is -0.758. The minimum atomic E-state index is -0.766. The molecule has 1 aliphatic rings. The molecule has 0 radical (unpaired) electrons. The van der Waals surface area contributed by atoms with Gasteiger partial charge in [0.2, 0.25) is 5.91 Å². The van der Waals surface area contributed by atoms with Gasteiger partial charge in [-0.2, -0.15) is 0 Å². The number of hydrogen-bond donors (Lipinski definition) is 4. The van der Waals surface area contributed by atoms with Crippen molar-refractivity contribution < 1.29 is 19.5 Å². The van der Waals surface area contributed by atoms with Crippen LogP contribution in [0.1, 0.15) is 15.9 Å². The summed E-state index contributed by atoms with van der Waals surface area (Å²) in [7, 11) is 0. The first kappa shape index (κ1) is 11.9. The van der Waals surface area contributed by atoms with E-state index in [1.807, 2.05) is 0 Å². The van der Waals surface area contributed by atoms with E-state index in [0.717, 1.165) is 0 Å². The average Bonchev–Trinajstić information content (AvgIpc) is 2.57. The van der Waals surface area contributed by atoms with Crippen LogP contribution in [0.5, 0.6) is 5.75 Å². The first-order valence-corrected chi connectivity index (χ1v) is 5.20. The van der Waals surface area contributed by atoms with Crippen molar-refractivity contribution >= 4 is 17.8 Å². The molecule has 0 saturated carbocycles. The van der Waals surface area contributed by atoms with Crippen LogP contribution < -0.4 is 16.4 Å². The average molecular weight is 249 g/mol. The van der Waals surface area contributed by atoms with Gasteiger partial charge in [0.25, 0.3) is 5.91 Å². The Morgan fingerprint density at radius 3 is 2.67 bits per heavy atom. The molecular weight excluding hydrogens is 238 g/mol. The van der Waals surface area contributed by atoms with Gasteiger partial charge in [0.1, 0.15) is 11.8 Å². The number of imide groups is 1. The number of primary amides is 1. The Morgan fingerprint density at radius 2 is 2.11 bits per heavy atom. The zero-order valence-electron chi connectivity index (χ0n) is 9.27. The van der Waals surface area contributed by atoms with E-state index in [1.54, 1.807) is 0 Å². The number of carbonyl (C=O) groups excluding carboxylic acids is 3. The maximum Gasteiger partial charge on any atom is 0.322 e. The van der Waals surface area contributed by atoms with Crippen LogP contribution in [-0.2, 0) is 11.2 Å². The number of nitrogens with one attached hydrogen (secondary N) is 2. The Morgan fingerprint density at radius 1 is 1.39 bits per heavy atom.